The van der Waals surface area contributed by atoms with Crippen LogP contribution in [0.2, 0.25) is 0 Å². The van der Waals surface area contributed by atoms with E-state index in [0.717, 1.165) is 0 Å². The summed E-state index contributed by atoms with van der Waals surface area (Å²) in [6.07, 6.45) is -0.0631. The molecule has 0 aliphatic carbocycles. The predicted octanol–water partition coefficient (Wildman–Crippen LogP) is 2.18. The fraction of sp³-hybridized carbons (Fsp3) is 0.385. The second-order valence-electron chi connectivity index (χ2n) is 4.62. The Morgan fingerprint density at radius 3 is 2.81 bits per heavy atom. The van der Waals surface area contributed by atoms with Crippen molar-refractivity contribution in [3.8, 4) is 0 Å². The molecule has 2 rings (SSSR count). The SMILES string of the molecule is O=C(NCC1CCC(C(=O)O)O1)Nc1ccc(F)cc1I. The zero-order valence-corrected chi connectivity index (χ0v) is 13.1. The molecule has 0 spiro atoms. The van der Waals surface area contributed by atoms with Crippen molar-refractivity contribution in [2.24, 2.45) is 0 Å². The number of benzene rings is 1. The van der Waals surface area contributed by atoms with Crippen LogP contribution < -0.4 is 10.6 Å². The standard InChI is InChI=1S/C13H14FIN2O4/c14-7-1-3-10(9(15)5-7)17-13(20)16-6-8-2-4-11(21-8)12(18)19/h1,3,5,8,11H,2,4,6H2,(H,18,19)(H2,16,17,20). The van der Waals surface area contributed by atoms with Crippen LogP contribution in [0.15, 0.2) is 18.2 Å². The molecule has 21 heavy (non-hydrogen) atoms. The van der Waals surface area contributed by atoms with Gasteiger partial charge in [-0.2, -0.15) is 0 Å². The van der Waals surface area contributed by atoms with E-state index in [2.05, 4.69) is 10.6 Å². The number of aliphatic carboxylic acids is 1. The van der Waals surface area contributed by atoms with E-state index in [4.69, 9.17) is 9.84 Å². The summed E-state index contributed by atoms with van der Waals surface area (Å²) in [5.41, 5.74) is 0.505. The molecule has 3 N–H and O–H groups in total. The van der Waals surface area contributed by atoms with Gasteiger partial charge in [0.15, 0.2) is 6.10 Å². The number of amides is 2. The Morgan fingerprint density at radius 1 is 1.43 bits per heavy atom. The Kier molecular flexibility index (Phi) is 5.34. The predicted molar refractivity (Wildman–Crippen MR) is 81.7 cm³/mol. The van der Waals surface area contributed by atoms with Crippen LogP contribution in [-0.2, 0) is 9.53 Å². The fourth-order valence-electron chi connectivity index (χ4n) is 2.00. The van der Waals surface area contributed by atoms with E-state index in [1.807, 2.05) is 22.6 Å². The summed E-state index contributed by atoms with van der Waals surface area (Å²) < 4.78 is 18.8. The summed E-state index contributed by atoms with van der Waals surface area (Å²) in [6, 6.07) is 3.61. The molecule has 0 saturated carbocycles. The Morgan fingerprint density at radius 2 is 2.19 bits per heavy atom. The lowest BCUT2D eigenvalue weighted by Gasteiger charge is -2.13. The van der Waals surface area contributed by atoms with Gasteiger partial charge in [-0.05, 0) is 53.6 Å². The number of hydrogen-bond donors (Lipinski definition) is 3. The maximum absolute atomic E-state index is 12.9. The summed E-state index contributed by atoms with van der Waals surface area (Å²) in [4.78, 5) is 22.5. The van der Waals surface area contributed by atoms with Crippen molar-refractivity contribution in [3.05, 3.63) is 27.6 Å². The molecule has 0 radical (unpaired) electrons. The summed E-state index contributed by atoms with van der Waals surface area (Å²) in [7, 11) is 0. The van der Waals surface area contributed by atoms with E-state index in [1.165, 1.54) is 18.2 Å². The Balaban J connectivity index is 1.79. The van der Waals surface area contributed by atoms with Gasteiger partial charge in [-0.15, -0.1) is 0 Å². The molecule has 2 unspecified atom stereocenters. The molecular formula is C13H14FIN2O4. The first-order chi connectivity index (χ1) is 9.95. The summed E-state index contributed by atoms with van der Waals surface area (Å²) in [5, 5.41) is 14.0. The summed E-state index contributed by atoms with van der Waals surface area (Å²) in [5.74, 6) is -1.35. The molecule has 1 aromatic carbocycles. The lowest BCUT2D eigenvalue weighted by molar-refractivity contribution is -0.149. The monoisotopic (exact) mass is 408 g/mol. The average molecular weight is 408 g/mol. The topological polar surface area (TPSA) is 87.7 Å². The normalized spacial score (nSPS) is 21.0. The Bertz CT molecular complexity index is 555. The number of carbonyl (C=O) groups is 2. The van der Waals surface area contributed by atoms with Crippen LogP contribution in [0.3, 0.4) is 0 Å². The van der Waals surface area contributed by atoms with Gasteiger partial charge in [0.05, 0.1) is 11.8 Å². The maximum atomic E-state index is 12.9. The van der Waals surface area contributed by atoms with E-state index in [9.17, 15) is 14.0 Å². The minimum absolute atomic E-state index is 0.230. The van der Waals surface area contributed by atoms with Crippen LogP contribution in [-0.4, -0.2) is 35.9 Å². The number of ether oxygens (including phenoxy) is 1. The van der Waals surface area contributed by atoms with Gasteiger partial charge in [-0.25, -0.2) is 14.0 Å². The van der Waals surface area contributed by atoms with Crippen LogP contribution in [0.5, 0.6) is 0 Å². The second kappa shape index (κ2) is 7.03. The van der Waals surface area contributed by atoms with Crippen LogP contribution in [0, 0.1) is 9.39 Å². The fourth-order valence-corrected chi connectivity index (χ4v) is 2.61. The van der Waals surface area contributed by atoms with Gasteiger partial charge in [0.25, 0.3) is 0 Å². The third-order valence-electron chi connectivity index (χ3n) is 3.05. The molecule has 1 aliphatic rings. The van der Waals surface area contributed by atoms with Crippen molar-refractivity contribution in [2.75, 3.05) is 11.9 Å². The Labute approximate surface area is 134 Å². The third-order valence-corrected chi connectivity index (χ3v) is 3.95. The van der Waals surface area contributed by atoms with Crippen LogP contribution >= 0.6 is 22.6 Å². The van der Waals surface area contributed by atoms with E-state index in [0.29, 0.717) is 22.1 Å². The highest BCUT2D eigenvalue weighted by Crippen LogP contribution is 2.20. The number of urea groups is 1. The average Bonchev–Trinajstić information content (AvgIpc) is 2.89. The number of anilines is 1. The van der Waals surface area contributed by atoms with Crippen molar-refractivity contribution < 1.29 is 23.8 Å². The van der Waals surface area contributed by atoms with Gasteiger partial charge < -0.3 is 20.5 Å². The molecule has 2 atom stereocenters. The molecule has 1 heterocycles. The molecule has 0 bridgehead atoms. The van der Waals surface area contributed by atoms with Crippen molar-refractivity contribution >= 4 is 40.3 Å². The molecule has 1 saturated heterocycles. The first-order valence-corrected chi connectivity index (χ1v) is 7.41. The van der Waals surface area contributed by atoms with Crippen molar-refractivity contribution in [2.45, 2.75) is 25.0 Å². The molecule has 1 aromatic rings. The third kappa shape index (κ3) is 4.53. The highest BCUT2D eigenvalue weighted by atomic mass is 127. The van der Waals surface area contributed by atoms with Gasteiger partial charge >= 0.3 is 12.0 Å². The van der Waals surface area contributed by atoms with Gasteiger partial charge in [-0.1, -0.05) is 0 Å². The molecular weight excluding hydrogens is 394 g/mol. The molecule has 0 aromatic heterocycles. The van der Waals surface area contributed by atoms with Crippen LogP contribution in [0.25, 0.3) is 0 Å². The van der Waals surface area contributed by atoms with Gasteiger partial charge in [0.1, 0.15) is 5.82 Å². The number of carbonyl (C=O) groups excluding carboxylic acids is 1. The molecule has 114 valence electrons. The number of halogens is 2. The number of hydrogen-bond acceptors (Lipinski definition) is 3. The highest BCUT2D eigenvalue weighted by molar-refractivity contribution is 14.1. The molecule has 1 fully saturated rings. The summed E-state index contributed by atoms with van der Waals surface area (Å²) in [6.45, 7) is 0.230. The highest BCUT2D eigenvalue weighted by Gasteiger charge is 2.30. The van der Waals surface area contributed by atoms with Crippen molar-refractivity contribution in [1.82, 2.24) is 5.32 Å². The number of carboxylic acids is 1. The van der Waals surface area contributed by atoms with Crippen LogP contribution in [0.1, 0.15) is 12.8 Å². The van der Waals surface area contributed by atoms with Crippen LogP contribution in [0.4, 0.5) is 14.9 Å². The lowest BCUT2D eigenvalue weighted by atomic mass is 10.2. The quantitative estimate of drug-likeness (QED) is 0.667. The number of nitrogens with one attached hydrogen (secondary N) is 2. The minimum Gasteiger partial charge on any atom is -0.479 e. The lowest BCUT2D eigenvalue weighted by Crippen LogP contribution is -2.36. The second-order valence-corrected chi connectivity index (χ2v) is 5.78. The van der Waals surface area contributed by atoms with E-state index >= 15 is 0 Å². The molecule has 2 amide bonds. The van der Waals surface area contributed by atoms with Gasteiger partial charge in [0, 0.05) is 10.1 Å². The zero-order chi connectivity index (χ0) is 15.4. The number of carboxylic acid groups (broad SMARTS) is 1. The van der Waals surface area contributed by atoms with E-state index in [-0.39, 0.29) is 18.5 Å². The van der Waals surface area contributed by atoms with E-state index < -0.39 is 18.1 Å². The first-order valence-electron chi connectivity index (χ1n) is 6.34. The molecule has 6 nitrogen and oxygen atoms in total. The zero-order valence-electron chi connectivity index (χ0n) is 10.9. The minimum atomic E-state index is -0.984. The van der Waals surface area contributed by atoms with Gasteiger partial charge in [-0.3, -0.25) is 0 Å². The molecule has 1 aliphatic heterocycles. The van der Waals surface area contributed by atoms with Gasteiger partial charge in [0.2, 0.25) is 0 Å². The van der Waals surface area contributed by atoms with Crippen molar-refractivity contribution in [1.29, 1.82) is 0 Å². The largest absolute Gasteiger partial charge is 0.479 e. The first kappa shape index (κ1) is 16.0. The number of rotatable bonds is 4. The maximum Gasteiger partial charge on any atom is 0.332 e. The Hall–Kier alpha value is -1.42. The molecule has 8 heteroatoms. The van der Waals surface area contributed by atoms with Crippen molar-refractivity contribution in [3.63, 3.8) is 0 Å². The smallest absolute Gasteiger partial charge is 0.332 e. The summed E-state index contributed by atoms with van der Waals surface area (Å²) >= 11 is 1.92. The van der Waals surface area contributed by atoms with E-state index in [1.54, 1.807) is 0 Å².